The lowest BCUT2D eigenvalue weighted by Crippen LogP contribution is -2.26. The Morgan fingerprint density at radius 3 is 2.80 bits per heavy atom. The fourth-order valence-electron chi connectivity index (χ4n) is 1.59. The van der Waals surface area contributed by atoms with E-state index in [2.05, 4.69) is 0 Å². The molecule has 90 valence electrons. The molecule has 4 nitrogen and oxygen atoms in total. The maximum atomic E-state index is 9.64. The van der Waals surface area contributed by atoms with Crippen LogP contribution >= 0.6 is 11.8 Å². The van der Waals surface area contributed by atoms with Crippen LogP contribution in [-0.4, -0.2) is 60.9 Å². The van der Waals surface area contributed by atoms with Crippen LogP contribution in [0.1, 0.15) is 6.42 Å². The second kappa shape index (κ2) is 7.46. The summed E-state index contributed by atoms with van der Waals surface area (Å²) in [6.45, 7) is 1.39. The summed E-state index contributed by atoms with van der Waals surface area (Å²) in [7, 11) is 1.62. The van der Waals surface area contributed by atoms with Gasteiger partial charge in [0.25, 0.3) is 0 Å². The van der Waals surface area contributed by atoms with Crippen LogP contribution in [0.5, 0.6) is 0 Å². The Balaban J connectivity index is 2.04. The molecule has 1 heterocycles. The maximum Gasteiger partial charge on any atom is 0.0777 e. The van der Waals surface area contributed by atoms with Crippen LogP contribution in [0.25, 0.3) is 0 Å². The zero-order chi connectivity index (χ0) is 11.1. The lowest BCUT2D eigenvalue weighted by Gasteiger charge is -2.17. The molecule has 0 aromatic carbocycles. The summed E-state index contributed by atoms with van der Waals surface area (Å²) in [4.78, 5) is 0. The molecule has 3 atom stereocenters. The highest BCUT2D eigenvalue weighted by molar-refractivity contribution is 7.99. The van der Waals surface area contributed by atoms with Gasteiger partial charge in [0.15, 0.2) is 0 Å². The van der Waals surface area contributed by atoms with Gasteiger partial charge in [0.05, 0.1) is 32.0 Å². The summed E-state index contributed by atoms with van der Waals surface area (Å²) < 4.78 is 10.0. The van der Waals surface area contributed by atoms with E-state index in [1.807, 2.05) is 0 Å². The second-order valence-electron chi connectivity index (χ2n) is 3.82. The van der Waals surface area contributed by atoms with Crippen molar-refractivity contribution in [3.8, 4) is 0 Å². The highest BCUT2D eigenvalue weighted by atomic mass is 32.2. The van der Waals surface area contributed by atoms with Gasteiger partial charge < -0.3 is 19.7 Å². The van der Waals surface area contributed by atoms with Crippen LogP contribution in [0.3, 0.4) is 0 Å². The molecule has 5 heteroatoms. The van der Waals surface area contributed by atoms with Crippen molar-refractivity contribution >= 4 is 11.8 Å². The lowest BCUT2D eigenvalue weighted by molar-refractivity contribution is -0.00219. The van der Waals surface area contributed by atoms with Crippen molar-refractivity contribution in [3.05, 3.63) is 0 Å². The van der Waals surface area contributed by atoms with Gasteiger partial charge in [0.2, 0.25) is 0 Å². The number of aliphatic hydroxyl groups is 2. The minimum atomic E-state index is -0.472. The quantitative estimate of drug-likeness (QED) is 0.615. The zero-order valence-corrected chi connectivity index (χ0v) is 9.91. The molecule has 2 N–H and O–H groups in total. The molecular weight excluding hydrogens is 216 g/mol. The highest BCUT2D eigenvalue weighted by Crippen LogP contribution is 2.27. The number of hydrogen-bond donors (Lipinski definition) is 2. The number of ether oxygens (including phenoxy) is 2. The predicted octanol–water partition coefficient (Wildman–Crippen LogP) is 0.124. The first-order chi connectivity index (χ1) is 7.24. The Bertz CT molecular complexity index is 168. The van der Waals surface area contributed by atoms with E-state index in [-0.39, 0.29) is 12.0 Å². The minimum absolute atomic E-state index is 0.219. The first-order valence-corrected chi connectivity index (χ1v) is 6.40. The van der Waals surface area contributed by atoms with Crippen molar-refractivity contribution in [1.29, 1.82) is 0 Å². The molecule has 1 fully saturated rings. The highest BCUT2D eigenvalue weighted by Gasteiger charge is 2.27. The van der Waals surface area contributed by atoms with E-state index in [0.717, 1.165) is 11.5 Å². The smallest absolute Gasteiger partial charge is 0.0777 e. The van der Waals surface area contributed by atoms with Crippen LogP contribution in [0.2, 0.25) is 0 Å². The molecule has 1 aliphatic rings. The van der Waals surface area contributed by atoms with E-state index in [0.29, 0.717) is 26.2 Å². The Hall–Kier alpha value is 0.190. The molecule has 0 saturated carbocycles. The van der Waals surface area contributed by atoms with Gasteiger partial charge in [-0.05, 0) is 18.1 Å². The monoisotopic (exact) mass is 236 g/mol. The summed E-state index contributed by atoms with van der Waals surface area (Å²) in [6.07, 6.45) is -0.106. The molecule has 0 spiro atoms. The average Bonchev–Trinajstić information content (AvgIpc) is 2.59. The Morgan fingerprint density at radius 1 is 1.40 bits per heavy atom. The predicted molar refractivity (Wildman–Crippen MR) is 60.1 cm³/mol. The third kappa shape index (κ3) is 5.17. The molecule has 1 saturated heterocycles. The van der Waals surface area contributed by atoms with Crippen LogP contribution < -0.4 is 0 Å². The van der Waals surface area contributed by atoms with Gasteiger partial charge in [-0.15, -0.1) is 0 Å². The first kappa shape index (κ1) is 13.3. The standard InChI is InChI=1S/C10H20O4S/c1-13-2-3-14-5-9(11)4-8-6-15-7-10(8)12/h8-12H,2-7H2,1H3. The molecule has 1 rings (SSSR count). The largest absolute Gasteiger partial charge is 0.392 e. The zero-order valence-electron chi connectivity index (χ0n) is 9.09. The van der Waals surface area contributed by atoms with E-state index in [4.69, 9.17) is 9.47 Å². The SMILES string of the molecule is COCCOCC(O)CC1CSCC1O. The van der Waals surface area contributed by atoms with Crippen molar-refractivity contribution in [3.63, 3.8) is 0 Å². The van der Waals surface area contributed by atoms with Crippen LogP contribution in [0.15, 0.2) is 0 Å². The van der Waals surface area contributed by atoms with Gasteiger partial charge >= 0.3 is 0 Å². The van der Waals surface area contributed by atoms with Gasteiger partial charge in [-0.1, -0.05) is 0 Å². The van der Waals surface area contributed by atoms with E-state index in [9.17, 15) is 10.2 Å². The number of methoxy groups -OCH3 is 1. The van der Waals surface area contributed by atoms with Crippen LogP contribution in [0.4, 0.5) is 0 Å². The van der Waals surface area contributed by atoms with Crippen molar-refractivity contribution in [2.24, 2.45) is 5.92 Å². The number of hydrogen-bond acceptors (Lipinski definition) is 5. The fourth-order valence-corrected chi connectivity index (χ4v) is 2.90. The van der Waals surface area contributed by atoms with Crippen LogP contribution in [-0.2, 0) is 9.47 Å². The third-order valence-corrected chi connectivity index (χ3v) is 3.72. The molecule has 0 aliphatic carbocycles. The van der Waals surface area contributed by atoms with E-state index in [1.54, 1.807) is 18.9 Å². The van der Waals surface area contributed by atoms with Crippen LogP contribution in [0, 0.1) is 5.92 Å². The summed E-state index contributed by atoms with van der Waals surface area (Å²) in [5, 5.41) is 19.2. The lowest BCUT2D eigenvalue weighted by atomic mass is 9.99. The summed E-state index contributed by atoms with van der Waals surface area (Å²) in [6, 6.07) is 0. The number of aliphatic hydroxyl groups excluding tert-OH is 2. The third-order valence-electron chi connectivity index (χ3n) is 2.48. The van der Waals surface area contributed by atoms with Crippen molar-refractivity contribution in [2.75, 3.05) is 38.4 Å². The molecule has 0 amide bonds. The second-order valence-corrected chi connectivity index (χ2v) is 4.90. The fraction of sp³-hybridized carbons (Fsp3) is 1.00. The van der Waals surface area contributed by atoms with Crippen molar-refractivity contribution < 1.29 is 19.7 Å². The van der Waals surface area contributed by atoms with Gasteiger partial charge in [-0.3, -0.25) is 0 Å². The molecule has 0 bridgehead atoms. The van der Waals surface area contributed by atoms with Gasteiger partial charge in [0.1, 0.15) is 0 Å². The molecule has 15 heavy (non-hydrogen) atoms. The first-order valence-electron chi connectivity index (χ1n) is 5.24. The topological polar surface area (TPSA) is 58.9 Å². The van der Waals surface area contributed by atoms with E-state index < -0.39 is 6.10 Å². The van der Waals surface area contributed by atoms with Gasteiger partial charge in [-0.25, -0.2) is 0 Å². The summed E-state index contributed by atoms with van der Waals surface area (Å²) >= 11 is 1.74. The van der Waals surface area contributed by atoms with Crippen molar-refractivity contribution in [1.82, 2.24) is 0 Å². The molecule has 0 aromatic heterocycles. The maximum absolute atomic E-state index is 9.64. The Kier molecular flexibility index (Phi) is 6.59. The Labute approximate surface area is 95.0 Å². The molecular formula is C10H20O4S. The number of thioether (sulfide) groups is 1. The molecule has 0 aromatic rings. The van der Waals surface area contributed by atoms with Gasteiger partial charge in [0, 0.05) is 12.9 Å². The molecule has 0 radical (unpaired) electrons. The van der Waals surface area contributed by atoms with Crippen molar-refractivity contribution in [2.45, 2.75) is 18.6 Å². The van der Waals surface area contributed by atoms with E-state index in [1.165, 1.54) is 0 Å². The summed E-state index contributed by atoms with van der Waals surface area (Å²) in [5.41, 5.74) is 0. The molecule has 3 unspecified atom stereocenters. The Morgan fingerprint density at radius 2 is 2.20 bits per heavy atom. The molecule has 1 aliphatic heterocycles. The number of rotatable bonds is 7. The van der Waals surface area contributed by atoms with Gasteiger partial charge in [-0.2, -0.15) is 11.8 Å². The average molecular weight is 236 g/mol. The summed E-state index contributed by atoms with van der Waals surface area (Å²) in [5.74, 6) is 1.95. The van der Waals surface area contributed by atoms with E-state index >= 15 is 0 Å². The normalized spacial score (nSPS) is 28.2. The minimum Gasteiger partial charge on any atom is -0.392 e.